The Morgan fingerprint density at radius 3 is 2.33 bits per heavy atom. The van der Waals surface area contributed by atoms with Gasteiger partial charge in [-0.25, -0.2) is 0 Å². The molecule has 1 unspecified atom stereocenters. The number of para-hydroxylation sites is 1. The van der Waals surface area contributed by atoms with Crippen LogP contribution in [0.25, 0.3) is 0 Å². The molecule has 0 saturated carbocycles. The van der Waals surface area contributed by atoms with Crippen molar-refractivity contribution in [2.24, 2.45) is 0 Å². The second-order valence-corrected chi connectivity index (χ2v) is 12.2. The number of carbonyl (C=O) groups excluding carboxylic acids is 1. The molecule has 0 N–H and O–H groups in total. The third-order valence-corrected chi connectivity index (χ3v) is 8.91. The summed E-state index contributed by atoms with van der Waals surface area (Å²) in [4.78, 5) is 11.2. The molecule has 1 rings (SSSR count). The van der Waals surface area contributed by atoms with Crippen LogP contribution in [0.1, 0.15) is 39.4 Å². The highest BCUT2D eigenvalue weighted by Crippen LogP contribution is 2.43. The van der Waals surface area contributed by atoms with Crippen molar-refractivity contribution >= 4 is 14.3 Å². The minimum absolute atomic E-state index is 0.0506. The lowest BCUT2D eigenvalue weighted by Crippen LogP contribution is -2.42. The Morgan fingerprint density at radius 2 is 1.83 bits per heavy atom. The number of ether oxygens (including phenoxy) is 2. The van der Waals surface area contributed by atoms with Gasteiger partial charge in [-0.2, -0.15) is 0 Å². The van der Waals surface area contributed by atoms with Gasteiger partial charge >= 0.3 is 5.97 Å². The van der Waals surface area contributed by atoms with E-state index in [1.54, 1.807) is 7.11 Å². The summed E-state index contributed by atoms with van der Waals surface area (Å²) in [6, 6.07) is 7.73. The number of rotatable bonds is 7. The Bertz CT molecular complexity index is 587. The molecule has 134 valence electrons. The van der Waals surface area contributed by atoms with E-state index in [-0.39, 0.29) is 23.7 Å². The predicted octanol–water partition coefficient (Wildman–Crippen LogP) is 4.88. The van der Waals surface area contributed by atoms with Crippen LogP contribution in [-0.4, -0.2) is 28.0 Å². The number of carbonyl (C=O) groups is 1. The van der Waals surface area contributed by atoms with E-state index < -0.39 is 8.32 Å². The third kappa shape index (κ3) is 5.21. The zero-order valence-electron chi connectivity index (χ0n) is 15.9. The molecule has 0 aliphatic heterocycles. The van der Waals surface area contributed by atoms with E-state index in [2.05, 4.69) is 40.4 Å². The van der Waals surface area contributed by atoms with Crippen LogP contribution >= 0.6 is 0 Å². The summed E-state index contributed by atoms with van der Waals surface area (Å²) in [6.07, 6.45) is -0.374. The standard InChI is InChI=1S/C19H30O4Si/c1-14(13-22-15(2)20)18(23-24(7,8)19(3,4)5)16-11-9-10-12-17(16)21-6/h9-12,18H,1,13H2,2-8H3. The fourth-order valence-corrected chi connectivity index (χ4v) is 3.23. The van der Waals surface area contributed by atoms with Gasteiger partial charge in [0.2, 0.25) is 0 Å². The number of esters is 1. The normalized spacial score (nSPS) is 13.3. The molecule has 24 heavy (non-hydrogen) atoms. The maximum Gasteiger partial charge on any atom is 0.302 e. The summed E-state index contributed by atoms with van der Waals surface area (Å²) >= 11 is 0. The van der Waals surface area contributed by atoms with E-state index in [4.69, 9.17) is 13.9 Å². The van der Waals surface area contributed by atoms with E-state index in [0.29, 0.717) is 5.57 Å². The van der Waals surface area contributed by atoms with Crippen molar-refractivity contribution in [2.75, 3.05) is 13.7 Å². The van der Waals surface area contributed by atoms with Crippen molar-refractivity contribution in [2.45, 2.75) is 51.9 Å². The molecular weight excluding hydrogens is 320 g/mol. The summed E-state index contributed by atoms with van der Waals surface area (Å²) < 4.78 is 17.2. The molecule has 1 aromatic carbocycles. The Morgan fingerprint density at radius 1 is 1.25 bits per heavy atom. The van der Waals surface area contributed by atoms with Crippen LogP contribution in [0.5, 0.6) is 5.75 Å². The van der Waals surface area contributed by atoms with Crippen LogP contribution < -0.4 is 4.74 Å². The molecule has 0 radical (unpaired) electrons. The minimum Gasteiger partial charge on any atom is -0.496 e. The highest BCUT2D eigenvalue weighted by molar-refractivity contribution is 6.74. The topological polar surface area (TPSA) is 44.8 Å². The molecule has 0 aromatic heterocycles. The summed E-state index contributed by atoms with van der Waals surface area (Å²) in [5.74, 6) is 0.410. The molecule has 0 spiro atoms. The van der Waals surface area contributed by atoms with Gasteiger partial charge in [0, 0.05) is 12.5 Å². The van der Waals surface area contributed by atoms with E-state index in [9.17, 15) is 4.79 Å². The number of benzene rings is 1. The predicted molar refractivity (Wildman–Crippen MR) is 99.8 cm³/mol. The minimum atomic E-state index is -2.06. The zero-order chi connectivity index (χ0) is 18.5. The van der Waals surface area contributed by atoms with Gasteiger partial charge in [0.05, 0.1) is 13.2 Å². The van der Waals surface area contributed by atoms with Gasteiger partial charge in [0.15, 0.2) is 8.32 Å². The molecule has 0 bridgehead atoms. The Balaban J connectivity index is 3.21. The smallest absolute Gasteiger partial charge is 0.302 e. The number of methoxy groups -OCH3 is 1. The molecule has 0 aliphatic carbocycles. The SMILES string of the molecule is C=C(COC(C)=O)C(O[Si](C)(C)C(C)(C)C)c1ccccc1OC. The van der Waals surface area contributed by atoms with E-state index >= 15 is 0 Å². The molecule has 5 heteroatoms. The van der Waals surface area contributed by atoms with Crippen molar-refractivity contribution in [3.8, 4) is 5.75 Å². The van der Waals surface area contributed by atoms with Gasteiger partial charge in [0.25, 0.3) is 0 Å². The van der Waals surface area contributed by atoms with Crippen molar-refractivity contribution in [3.05, 3.63) is 42.0 Å². The highest BCUT2D eigenvalue weighted by Gasteiger charge is 2.40. The molecule has 0 amide bonds. The molecular formula is C19H30O4Si. The maximum absolute atomic E-state index is 11.2. The largest absolute Gasteiger partial charge is 0.496 e. The lowest BCUT2D eigenvalue weighted by atomic mass is 10.0. The molecule has 1 atom stereocenters. The first-order valence-electron chi connectivity index (χ1n) is 8.11. The Hall–Kier alpha value is -1.59. The van der Waals surface area contributed by atoms with Crippen molar-refractivity contribution in [3.63, 3.8) is 0 Å². The van der Waals surface area contributed by atoms with Crippen LogP contribution in [0.15, 0.2) is 36.4 Å². The third-order valence-electron chi connectivity index (χ3n) is 4.47. The molecule has 0 fully saturated rings. The van der Waals surface area contributed by atoms with Gasteiger partial charge in [-0.05, 0) is 29.8 Å². The van der Waals surface area contributed by atoms with Gasteiger partial charge in [-0.3, -0.25) is 4.79 Å². The second-order valence-electron chi connectivity index (χ2n) is 7.44. The Labute approximate surface area is 146 Å². The summed E-state index contributed by atoms with van der Waals surface area (Å²) in [6.45, 7) is 16.6. The van der Waals surface area contributed by atoms with Crippen LogP contribution in [0.2, 0.25) is 18.1 Å². The molecule has 0 aliphatic rings. The van der Waals surface area contributed by atoms with E-state index in [1.807, 2.05) is 24.3 Å². The van der Waals surface area contributed by atoms with Gasteiger partial charge < -0.3 is 13.9 Å². The van der Waals surface area contributed by atoms with Crippen LogP contribution in [-0.2, 0) is 14.0 Å². The first kappa shape index (κ1) is 20.5. The van der Waals surface area contributed by atoms with Crippen LogP contribution in [0.4, 0.5) is 0 Å². The van der Waals surface area contributed by atoms with Gasteiger partial charge in [0.1, 0.15) is 12.4 Å². The molecule has 4 nitrogen and oxygen atoms in total. The second kappa shape index (κ2) is 7.99. The van der Waals surface area contributed by atoms with Crippen LogP contribution in [0, 0.1) is 0 Å². The first-order valence-corrected chi connectivity index (χ1v) is 11.0. The average molecular weight is 351 g/mol. The van der Waals surface area contributed by atoms with Crippen molar-refractivity contribution in [1.29, 1.82) is 0 Å². The van der Waals surface area contributed by atoms with Crippen molar-refractivity contribution in [1.82, 2.24) is 0 Å². The Kier molecular flexibility index (Phi) is 6.81. The van der Waals surface area contributed by atoms with E-state index in [1.165, 1.54) is 6.92 Å². The number of hydrogen-bond donors (Lipinski definition) is 0. The maximum atomic E-state index is 11.2. The van der Waals surface area contributed by atoms with Crippen molar-refractivity contribution < 1.29 is 18.7 Å². The first-order chi connectivity index (χ1) is 11.0. The quantitative estimate of drug-likeness (QED) is 0.399. The number of hydrogen-bond acceptors (Lipinski definition) is 4. The van der Waals surface area contributed by atoms with Crippen LogP contribution in [0.3, 0.4) is 0 Å². The molecule has 0 saturated heterocycles. The lowest BCUT2D eigenvalue weighted by molar-refractivity contribution is -0.140. The molecule has 0 heterocycles. The monoisotopic (exact) mass is 350 g/mol. The van der Waals surface area contributed by atoms with Gasteiger partial charge in [-0.15, -0.1) is 0 Å². The lowest BCUT2D eigenvalue weighted by Gasteiger charge is -2.40. The summed E-state index contributed by atoms with van der Waals surface area (Å²) in [7, 11) is -0.426. The average Bonchev–Trinajstić information content (AvgIpc) is 2.49. The summed E-state index contributed by atoms with van der Waals surface area (Å²) in [5, 5.41) is 0.0506. The zero-order valence-corrected chi connectivity index (χ0v) is 16.9. The van der Waals surface area contributed by atoms with E-state index in [0.717, 1.165) is 11.3 Å². The molecule has 1 aromatic rings. The fraction of sp³-hybridized carbons (Fsp3) is 0.526. The highest BCUT2D eigenvalue weighted by atomic mass is 28.4. The summed E-state index contributed by atoms with van der Waals surface area (Å²) in [5.41, 5.74) is 1.61. The fourth-order valence-electron chi connectivity index (χ4n) is 1.99. The van der Waals surface area contributed by atoms with Gasteiger partial charge in [-0.1, -0.05) is 45.5 Å².